The minimum absolute atomic E-state index is 0.271. The van der Waals surface area contributed by atoms with Crippen LogP contribution in [0.1, 0.15) is 54.9 Å². The number of hydrogen-bond donors (Lipinski definition) is 1. The molecule has 0 atom stereocenters. The topological polar surface area (TPSA) is 46.4 Å². The largest absolute Gasteiger partial charge is 0.321 e. The summed E-state index contributed by atoms with van der Waals surface area (Å²) in [7, 11) is 0. The van der Waals surface area contributed by atoms with E-state index in [0.717, 1.165) is 31.4 Å². The monoisotopic (exact) mass is 353 g/mol. The van der Waals surface area contributed by atoms with Gasteiger partial charge in [0, 0.05) is 11.9 Å². The minimum Gasteiger partial charge on any atom is -0.321 e. The molecular formula is C21H24FN3O. The first-order chi connectivity index (χ1) is 12.6. The maximum Gasteiger partial charge on any atom is 0.274 e. The van der Waals surface area contributed by atoms with Crippen molar-refractivity contribution in [2.75, 3.05) is 5.32 Å². The van der Waals surface area contributed by atoms with Crippen LogP contribution in [0.3, 0.4) is 0 Å². The fraction of sp³-hybridized carbons (Fsp3) is 0.333. The Morgan fingerprint density at radius 1 is 1.08 bits per heavy atom. The molecule has 0 radical (unpaired) electrons. The van der Waals surface area contributed by atoms with Crippen LogP contribution in [0, 0.1) is 5.82 Å². The molecule has 0 spiro atoms. The summed E-state index contributed by atoms with van der Waals surface area (Å²) in [6.07, 6.45) is 6.19. The summed E-state index contributed by atoms with van der Waals surface area (Å²) in [6.45, 7) is 4.20. The van der Waals surface area contributed by atoms with Gasteiger partial charge in [0.1, 0.15) is 17.2 Å². The third kappa shape index (κ3) is 3.93. The molecule has 5 heteroatoms. The van der Waals surface area contributed by atoms with Gasteiger partial charge in [-0.15, -0.1) is 0 Å². The molecular weight excluding hydrogens is 329 g/mol. The first kappa shape index (κ1) is 18.1. The van der Waals surface area contributed by atoms with E-state index in [1.54, 1.807) is 6.07 Å². The summed E-state index contributed by atoms with van der Waals surface area (Å²) in [5.41, 5.74) is 3.65. The van der Waals surface area contributed by atoms with Crippen molar-refractivity contribution < 1.29 is 9.18 Å². The average molecular weight is 353 g/mol. The van der Waals surface area contributed by atoms with E-state index in [0.29, 0.717) is 23.5 Å². The Morgan fingerprint density at radius 3 is 2.54 bits per heavy atom. The molecule has 0 aliphatic heterocycles. The molecule has 0 aliphatic rings. The van der Waals surface area contributed by atoms with Gasteiger partial charge in [-0.1, -0.05) is 38.8 Å². The summed E-state index contributed by atoms with van der Waals surface area (Å²) >= 11 is 0. The van der Waals surface area contributed by atoms with Crippen LogP contribution < -0.4 is 5.32 Å². The van der Waals surface area contributed by atoms with Crippen LogP contribution in [0.25, 0.3) is 5.65 Å². The highest BCUT2D eigenvalue weighted by Gasteiger charge is 2.19. The fourth-order valence-corrected chi connectivity index (χ4v) is 3.04. The number of pyridine rings is 1. The first-order valence-corrected chi connectivity index (χ1v) is 9.19. The molecule has 0 saturated carbocycles. The SMILES string of the molecule is CCCCc1ccc(NC(=O)c2c(CCC)nc3ccc(F)cn23)cc1. The maximum absolute atomic E-state index is 13.7. The van der Waals surface area contributed by atoms with Crippen LogP contribution in [-0.4, -0.2) is 15.3 Å². The van der Waals surface area contributed by atoms with Crippen LogP contribution in [-0.2, 0) is 12.8 Å². The predicted octanol–water partition coefficient (Wildman–Crippen LogP) is 5.02. The minimum atomic E-state index is -0.396. The third-order valence-electron chi connectivity index (χ3n) is 4.39. The number of fused-ring (bicyclic) bond motifs is 1. The molecule has 136 valence electrons. The molecule has 0 unspecified atom stereocenters. The molecule has 3 rings (SSSR count). The Hall–Kier alpha value is -2.69. The Morgan fingerprint density at radius 2 is 1.85 bits per heavy atom. The number of nitrogens with zero attached hydrogens (tertiary/aromatic N) is 2. The van der Waals surface area contributed by atoms with Crippen LogP contribution in [0.15, 0.2) is 42.6 Å². The zero-order chi connectivity index (χ0) is 18.5. The highest BCUT2D eigenvalue weighted by Crippen LogP contribution is 2.18. The van der Waals surface area contributed by atoms with Gasteiger partial charge in [0.25, 0.3) is 5.91 Å². The molecule has 0 saturated heterocycles. The Balaban J connectivity index is 1.87. The second-order valence-electron chi connectivity index (χ2n) is 6.49. The molecule has 1 N–H and O–H groups in total. The van der Waals surface area contributed by atoms with Gasteiger partial charge in [0.2, 0.25) is 0 Å². The van der Waals surface area contributed by atoms with Crippen LogP contribution >= 0.6 is 0 Å². The summed E-state index contributed by atoms with van der Waals surface area (Å²) in [5.74, 6) is -0.667. The smallest absolute Gasteiger partial charge is 0.274 e. The maximum atomic E-state index is 13.7. The Bertz CT molecular complexity index is 900. The zero-order valence-corrected chi connectivity index (χ0v) is 15.3. The van der Waals surface area contributed by atoms with E-state index in [1.807, 2.05) is 31.2 Å². The van der Waals surface area contributed by atoms with E-state index in [-0.39, 0.29) is 5.91 Å². The van der Waals surface area contributed by atoms with E-state index in [2.05, 4.69) is 17.2 Å². The normalized spacial score (nSPS) is 11.0. The van der Waals surface area contributed by atoms with Crippen LogP contribution in [0.4, 0.5) is 10.1 Å². The van der Waals surface area contributed by atoms with Crippen molar-refractivity contribution in [2.24, 2.45) is 0 Å². The summed E-state index contributed by atoms with van der Waals surface area (Å²) in [4.78, 5) is 17.3. The zero-order valence-electron chi connectivity index (χ0n) is 15.3. The number of amides is 1. The van der Waals surface area contributed by atoms with Crippen molar-refractivity contribution >= 4 is 17.2 Å². The summed E-state index contributed by atoms with van der Waals surface area (Å²) in [6, 6.07) is 10.8. The standard InChI is InChI=1S/C21H24FN3O/c1-3-5-7-15-8-11-17(12-9-15)23-21(26)20-18(6-4-2)24-19-13-10-16(22)14-25(19)20/h8-14H,3-7H2,1-2H3,(H,23,26). The molecule has 4 nitrogen and oxygen atoms in total. The molecule has 26 heavy (non-hydrogen) atoms. The Labute approximate surface area is 153 Å². The molecule has 3 aromatic rings. The van der Waals surface area contributed by atoms with Crippen molar-refractivity contribution in [1.82, 2.24) is 9.38 Å². The van der Waals surface area contributed by atoms with Gasteiger partial charge in [-0.2, -0.15) is 0 Å². The molecule has 2 aromatic heterocycles. The second kappa shape index (κ2) is 8.13. The fourth-order valence-electron chi connectivity index (χ4n) is 3.04. The van der Waals surface area contributed by atoms with Crippen molar-refractivity contribution in [2.45, 2.75) is 46.0 Å². The van der Waals surface area contributed by atoms with Gasteiger partial charge in [-0.05, 0) is 49.1 Å². The highest BCUT2D eigenvalue weighted by atomic mass is 19.1. The molecule has 0 bridgehead atoms. The van der Waals surface area contributed by atoms with Crippen molar-refractivity contribution in [1.29, 1.82) is 0 Å². The van der Waals surface area contributed by atoms with Crippen molar-refractivity contribution in [3.8, 4) is 0 Å². The second-order valence-corrected chi connectivity index (χ2v) is 6.49. The molecule has 1 amide bonds. The van der Waals surface area contributed by atoms with Gasteiger partial charge in [0.15, 0.2) is 0 Å². The molecule has 0 fully saturated rings. The lowest BCUT2D eigenvalue weighted by Gasteiger charge is -2.08. The van der Waals surface area contributed by atoms with Gasteiger partial charge in [0.05, 0.1) is 5.69 Å². The number of aryl methyl sites for hydroxylation is 2. The van der Waals surface area contributed by atoms with Crippen molar-refractivity contribution in [3.05, 3.63) is 65.4 Å². The third-order valence-corrected chi connectivity index (χ3v) is 4.39. The number of anilines is 1. The number of nitrogens with one attached hydrogen (secondary N) is 1. The summed E-state index contributed by atoms with van der Waals surface area (Å²) in [5, 5.41) is 2.92. The van der Waals surface area contributed by atoms with E-state index in [9.17, 15) is 9.18 Å². The summed E-state index contributed by atoms with van der Waals surface area (Å²) < 4.78 is 15.2. The van der Waals surface area contributed by atoms with E-state index in [4.69, 9.17) is 0 Å². The van der Waals surface area contributed by atoms with Crippen molar-refractivity contribution in [3.63, 3.8) is 0 Å². The quantitative estimate of drug-likeness (QED) is 0.648. The highest BCUT2D eigenvalue weighted by molar-refractivity contribution is 6.04. The molecule has 1 aromatic carbocycles. The van der Waals surface area contributed by atoms with Gasteiger partial charge in [-0.3, -0.25) is 9.20 Å². The number of aromatic nitrogens is 2. The van der Waals surface area contributed by atoms with E-state index < -0.39 is 5.82 Å². The average Bonchev–Trinajstić information content (AvgIpc) is 2.98. The van der Waals surface area contributed by atoms with Crippen LogP contribution in [0.5, 0.6) is 0 Å². The number of halogens is 1. The predicted molar refractivity (Wildman–Crippen MR) is 102 cm³/mol. The number of carbonyl (C=O) groups is 1. The number of hydrogen-bond acceptors (Lipinski definition) is 2. The van der Waals surface area contributed by atoms with E-state index in [1.165, 1.54) is 22.2 Å². The van der Waals surface area contributed by atoms with E-state index >= 15 is 0 Å². The van der Waals surface area contributed by atoms with Gasteiger partial charge < -0.3 is 5.32 Å². The first-order valence-electron chi connectivity index (χ1n) is 9.19. The lowest BCUT2D eigenvalue weighted by atomic mass is 10.1. The lowest BCUT2D eigenvalue weighted by molar-refractivity contribution is 0.102. The number of rotatable bonds is 7. The van der Waals surface area contributed by atoms with Gasteiger partial charge >= 0.3 is 0 Å². The van der Waals surface area contributed by atoms with Crippen LogP contribution in [0.2, 0.25) is 0 Å². The van der Waals surface area contributed by atoms with Gasteiger partial charge in [-0.25, -0.2) is 9.37 Å². The number of unbranched alkanes of at least 4 members (excludes halogenated alkanes) is 1. The lowest BCUT2D eigenvalue weighted by Crippen LogP contribution is -2.16. The number of benzene rings is 1. The Kier molecular flexibility index (Phi) is 5.66. The number of carbonyl (C=O) groups excluding carboxylic acids is 1. The number of imidazole rings is 1. The molecule has 0 aliphatic carbocycles. The molecule has 2 heterocycles.